The summed E-state index contributed by atoms with van der Waals surface area (Å²) in [7, 11) is 0. The third kappa shape index (κ3) is 3.91. The van der Waals surface area contributed by atoms with Crippen LogP contribution in [0, 0.1) is 6.92 Å². The van der Waals surface area contributed by atoms with Gasteiger partial charge in [0.05, 0.1) is 35.1 Å². The van der Waals surface area contributed by atoms with Crippen LogP contribution in [0.1, 0.15) is 48.4 Å². The topological polar surface area (TPSA) is 90.4 Å². The van der Waals surface area contributed by atoms with Crippen molar-refractivity contribution in [1.29, 1.82) is 0 Å². The van der Waals surface area contributed by atoms with Crippen molar-refractivity contribution in [3.05, 3.63) is 65.5 Å². The fourth-order valence-electron chi connectivity index (χ4n) is 3.29. The van der Waals surface area contributed by atoms with Crippen molar-refractivity contribution < 1.29 is 18.5 Å². The van der Waals surface area contributed by atoms with Crippen molar-refractivity contribution in [2.75, 3.05) is 0 Å². The van der Waals surface area contributed by atoms with Gasteiger partial charge in [-0.15, -0.1) is 0 Å². The van der Waals surface area contributed by atoms with Gasteiger partial charge >= 0.3 is 0 Å². The van der Waals surface area contributed by atoms with E-state index in [1.165, 1.54) is 0 Å². The first-order valence-electron chi connectivity index (χ1n) is 9.80. The van der Waals surface area contributed by atoms with Crippen molar-refractivity contribution in [2.24, 2.45) is 0 Å². The molecule has 0 bridgehead atoms. The molecule has 1 N–H and O–H groups in total. The monoisotopic (exact) mass is 405 g/mol. The Kier molecular flexibility index (Phi) is 5.27. The molecule has 4 aromatic rings. The van der Waals surface area contributed by atoms with Crippen molar-refractivity contribution in [3.8, 4) is 17.2 Å². The average molecular weight is 405 g/mol. The number of furan rings is 1. The predicted octanol–water partition coefficient (Wildman–Crippen LogP) is 5.07. The lowest BCUT2D eigenvalue weighted by Gasteiger charge is -2.16. The van der Waals surface area contributed by atoms with E-state index in [0.29, 0.717) is 33.8 Å². The maximum atomic E-state index is 13.2. The van der Waals surface area contributed by atoms with Crippen LogP contribution >= 0.6 is 0 Å². The number of aryl methyl sites for hydroxylation is 1. The third-order valence-electron chi connectivity index (χ3n) is 4.73. The van der Waals surface area contributed by atoms with Gasteiger partial charge in [0.25, 0.3) is 11.6 Å². The minimum Gasteiger partial charge on any atom is -0.491 e. The summed E-state index contributed by atoms with van der Waals surface area (Å²) in [6.07, 6.45) is 1.67. The number of rotatable bonds is 6. The fraction of sp³-hybridized carbons (Fsp3) is 0.261. The quantitative estimate of drug-likeness (QED) is 0.482. The maximum Gasteiger partial charge on any atom is 0.259 e. The minimum absolute atomic E-state index is 0.109. The molecule has 154 valence electrons. The Labute approximate surface area is 174 Å². The van der Waals surface area contributed by atoms with E-state index < -0.39 is 0 Å². The van der Waals surface area contributed by atoms with Gasteiger partial charge in [-0.05, 0) is 63.6 Å². The molecule has 0 aliphatic rings. The Hall–Kier alpha value is -3.61. The number of nitrogens with zero attached hydrogens (tertiary/aromatic N) is 2. The Bertz CT molecular complexity index is 1160. The molecule has 0 saturated carbocycles. The summed E-state index contributed by atoms with van der Waals surface area (Å²) in [4.78, 5) is 17.6. The number of pyridine rings is 1. The van der Waals surface area contributed by atoms with Crippen LogP contribution in [0.5, 0.6) is 5.75 Å². The Morgan fingerprint density at radius 2 is 1.90 bits per heavy atom. The molecule has 0 fully saturated rings. The largest absolute Gasteiger partial charge is 0.491 e. The molecule has 7 heteroatoms. The van der Waals surface area contributed by atoms with Gasteiger partial charge in [-0.25, -0.2) is 4.98 Å². The van der Waals surface area contributed by atoms with E-state index in [9.17, 15) is 4.79 Å². The summed E-state index contributed by atoms with van der Waals surface area (Å²) in [5.74, 6) is 1.11. The molecule has 1 unspecified atom stereocenters. The van der Waals surface area contributed by atoms with Crippen molar-refractivity contribution in [3.63, 3.8) is 0 Å². The molecule has 4 rings (SSSR count). The molecule has 3 heterocycles. The second-order valence-corrected chi connectivity index (χ2v) is 7.41. The highest BCUT2D eigenvalue weighted by Crippen LogP contribution is 2.28. The number of carbonyl (C=O) groups is 1. The zero-order chi connectivity index (χ0) is 21.3. The van der Waals surface area contributed by atoms with Gasteiger partial charge in [-0.3, -0.25) is 4.79 Å². The third-order valence-corrected chi connectivity index (χ3v) is 4.73. The van der Waals surface area contributed by atoms with Gasteiger partial charge in [0.2, 0.25) is 0 Å². The van der Waals surface area contributed by atoms with Crippen LogP contribution in [0.25, 0.3) is 22.6 Å². The zero-order valence-electron chi connectivity index (χ0n) is 17.3. The number of hydrogen-bond acceptors (Lipinski definition) is 6. The Balaban J connectivity index is 1.62. The zero-order valence-corrected chi connectivity index (χ0v) is 17.3. The van der Waals surface area contributed by atoms with Gasteiger partial charge in [-0.1, -0.05) is 17.3 Å². The van der Waals surface area contributed by atoms with Crippen molar-refractivity contribution in [1.82, 2.24) is 15.5 Å². The number of fused-ring (bicyclic) bond motifs is 1. The summed E-state index contributed by atoms with van der Waals surface area (Å²) >= 11 is 0. The van der Waals surface area contributed by atoms with Crippen molar-refractivity contribution in [2.45, 2.75) is 39.8 Å². The molecule has 7 nitrogen and oxygen atoms in total. The molecule has 1 aromatic carbocycles. The van der Waals surface area contributed by atoms with E-state index in [2.05, 4.69) is 15.5 Å². The number of nitrogens with one attached hydrogen (secondary N) is 1. The van der Waals surface area contributed by atoms with E-state index in [0.717, 1.165) is 11.3 Å². The van der Waals surface area contributed by atoms with E-state index in [4.69, 9.17) is 13.7 Å². The van der Waals surface area contributed by atoms with Crippen LogP contribution in [0.4, 0.5) is 0 Å². The van der Waals surface area contributed by atoms with E-state index in [1.807, 2.05) is 45.0 Å². The molecule has 0 aliphatic heterocycles. The number of carbonyl (C=O) groups excluding carboxylic acids is 1. The van der Waals surface area contributed by atoms with Gasteiger partial charge < -0.3 is 19.0 Å². The summed E-state index contributed by atoms with van der Waals surface area (Å²) in [5.41, 5.74) is 2.83. The van der Waals surface area contributed by atoms with Crippen molar-refractivity contribution >= 4 is 17.0 Å². The number of aromatic nitrogens is 2. The first kappa shape index (κ1) is 19.7. The maximum absolute atomic E-state index is 13.2. The second kappa shape index (κ2) is 8.02. The van der Waals surface area contributed by atoms with Gasteiger partial charge in [0.15, 0.2) is 5.76 Å². The lowest BCUT2D eigenvalue weighted by atomic mass is 10.1. The molecule has 1 atom stereocenters. The van der Waals surface area contributed by atoms with Crippen LogP contribution in [0.2, 0.25) is 0 Å². The minimum atomic E-state index is -0.239. The standard InChI is InChI=1S/C23H23N3O4/c1-13(2)29-17-9-7-16(8-10-17)14(3)24-22(27)18-12-19(20-6-5-11-28-20)25-23-21(18)15(4)26-30-23/h5-14H,1-4H3,(H,24,27). The number of amides is 1. The molecule has 1 amide bonds. The lowest BCUT2D eigenvalue weighted by Crippen LogP contribution is -2.27. The smallest absolute Gasteiger partial charge is 0.259 e. The van der Waals surface area contributed by atoms with Crippen LogP contribution in [0.3, 0.4) is 0 Å². The van der Waals surface area contributed by atoms with Crippen LogP contribution < -0.4 is 10.1 Å². The van der Waals surface area contributed by atoms with Crippen LogP contribution in [-0.4, -0.2) is 22.2 Å². The summed E-state index contributed by atoms with van der Waals surface area (Å²) in [6, 6.07) is 12.7. The van der Waals surface area contributed by atoms with E-state index >= 15 is 0 Å². The van der Waals surface area contributed by atoms with Gasteiger partial charge in [0, 0.05) is 0 Å². The van der Waals surface area contributed by atoms with Gasteiger partial charge in [0.1, 0.15) is 11.4 Å². The van der Waals surface area contributed by atoms with Crippen LogP contribution in [-0.2, 0) is 0 Å². The highest BCUT2D eigenvalue weighted by Gasteiger charge is 2.21. The molecule has 30 heavy (non-hydrogen) atoms. The number of ether oxygens (including phenoxy) is 1. The summed E-state index contributed by atoms with van der Waals surface area (Å²) in [5, 5.41) is 7.61. The molecular formula is C23H23N3O4. The highest BCUT2D eigenvalue weighted by atomic mass is 16.5. The fourth-order valence-corrected chi connectivity index (χ4v) is 3.29. The molecule has 3 aromatic heterocycles. The molecule has 0 spiro atoms. The average Bonchev–Trinajstić information content (AvgIpc) is 3.38. The number of benzene rings is 1. The number of hydrogen-bond donors (Lipinski definition) is 1. The summed E-state index contributed by atoms with van der Waals surface area (Å²) in [6.45, 7) is 7.68. The first-order valence-corrected chi connectivity index (χ1v) is 9.80. The Morgan fingerprint density at radius 1 is 1.13 bits per heavy atom. The summed E-state index contributed by atoms with van der Waals surface area (Å²) < 4.78 is 16.4. The SMILES string of the molecule is Cc1noc2nc(-c3ccco3)cc(C(=O)NC(C)c3ccc(OC(C)C)cc3)c12. The normalized spacial score (nSPS) is 12.3. The molecule has 0 radical (unpaired) electrons. The Morgan fingerprint density at radius 3 is 2.57 bits per heavy atom. The van der Waals surface area contributed by atoms with Gasteiger partial charge in [-0.2, -0.15) is 0 Å². The molecule has 0 saturated heterocycles. The van der Waals surface area contributed by atoms with Crippen LogP contribution in [0.15, 0.2) is 57.7 Å². The molecule has 0 aliphatic carbocycles. The lowest BCUT2D eigenvalue weighted by molar-refractivity contribution is 0.0941. The first-order chi connectivity index (χ1) is 14.4. The highest BCUT2D eigenvalue weighted by molar-refractivity contribution is 6.07. The molecular weight excluding hydrogens is 382 g/mol. The predicted molar refractivity (Wildman–Crippen MR) is 112 cm³/mol. The van der Waals surface area contributed by atoms with E-state index in [-0.39, 0.29) is 18.1 Å². The second-order valence-electron chi connectivity index (χ2n) is 7.41. The van der Waals surface area contributed by atoms with E-state index in [1.54, 1.807) is 31.4 Å².